The molecule has 1 fully saturated rings. The molecule has 1 aliphatic heterocycles. The number of carbonyl (C=O) groups excluding carboxylic acids is 2. The first-order valence-electron chi connectivity index (χ1n) is 8.16. The summed E-state index contributed by atoms with van der Waals surface area (Å²) in [5.41, 5.74) is 0.907. The minimum absolute atomic E-state index is 0.0329. The second kappa shape index (κ2) is 7.04. The monoisotopic (exact) mass is 345 g/mol. The van der Waals surface area contributed by atoms with Crippen LogP contribution in [0.25, 0.3) is 0 Å². The van der Waals surface area contributed by atoms with Crippen LogP contribution in [0.5, 0.6) is 5.75 Å². The van der Waals surface area contributed by atoms with Gasteiger partial charge < -0.3 is 9.64 Å². The third-order valence-electron chi connectivity index (χ3n) is 4.48. The van der Waals surface area contributed by atoms with E-state index in [4.69, 9.17) is 4.74 Å². The van der Waals surface area contributed by atoms with Crippen molar-refractivity contribution in [1.29, 1.82) is 0 Å². The van der Waals surface area contributed by atoms with Gasteiger partial charge in [0.2, 0.25) is 0 Å². The smallest absolute Gasteiger partial charge is 0.254 e. The van der Waals surface area contributed by atoms with E-state index in [-0.39, 0.29) is 29.9 Å². The number of aromatic nitrogens is 2. The fourth-order valence-corrected chi connectivity index (χ4v) is 3.17. The number of halogens is 1. The highest BCUT2D eigenvalue weighted by molar-refractivity contribution is 5.98. The van der Waals surface area contributed by atoms with Crippen molar-refractivity contribution in [2.75, 3.05) is 13.7 Å². The van der Waals surface area contributed by atoms with Gasteiger partial charge in [-0.05, 0) is 31.0 Å². The fraction of sp³-hybridized carbons (Fsp3) is 0.389. The molecule has 7 heteroatoms. The Morgan fingerprint density at radius 1 is 1.36 bits per heavy atom. The van der Waals surface area contributed by atoms with Crippen LogP contribution in [0.1, 0.15) is 40.0 Å². The standard InChI is InChI=1S/C18H20FN3O3/c1-21-11-13(10-20-21)16(23)9-14-4-3-7-22(14)18(24)12-5-6-15(19)17(8-12)25-2/h5-6,8,10-11,14H,3-4,7,9H2,1-2H3/t14-/m0/s1. The largest absolute Gasteiger partial charge is 0.494 e. The molecule has 0 spiro atoms. The summed E-state index contributed by atoms with van der Waals surface area (Å²) in [6.07, 6.45) is 5.09. The van der Waals surface area contributed by atoms with E-state index in [0.717, 1.165) is 12.8 Å². The number of Topliss-reactive ketones (excluding diaryl/α,β-unsaturated/α-hetero) is 1. The van der Waals surface area contributed by atoms with E-state index in [9.17, 15) is 14.0 Å². The van der Waals surface area contributed by atoms with E-state index < -0.39 is 5.82 Å². The number of nitrogens with zero attached hydrogens (tertiary/aromatic N) is 3. The first kappa shape index (κ1) is 17.1. The molecule has 1 aliphatic rings. The number of hydrogen-bond donors (Lipinski definition) is 0. The van der Waals surface area contributed by atoms with E-state index in [1.807, 2.05) is 0 Å². The van der Waals surface area contributed by atoms with Crippen LogP contribution in [0.2, 0.25) is 0 Å². The maximum atomic E-state index is 13.5. The lowest BCUT2D eigenvalue weighted by atomic mass is 10.0. The number of benzene rings is 1. The molecule has 0 unspecified atom stereocenters. The maximum Gasteiger partial charge on any atom is 0.254 e. The van der Waals surface area contributed by atoms with Gasteiger partial charge in [0.15, 0.2) is 17.3 Å². The Kier molecular flexibility index (Phi) is 4.83. The van der Waals surface area contributed by atoms with Gasteiger partial charge in [-0.25, -0.2) is 4.39 Å². The van der Waals surface area contributed by atoms with Crippen LogP contribution in [0.15, 0.2) is 30.6 Å². The quantitative estimate of drug-likeness (QED) is 0.781. The molecule has 1 atom stereocenters. The Hall–Kier alpha value is -2.70. The van der Waals surface area contributed by atoms with Crippen molar-refractivity contribution < 1.29 is 18.7 Å². The number of amides is 1. The number of hydrogen-bond acceptors (Lipinski definition) is 4. The highest BCUT2D eigenvalue weighted by Gasteiger charge is 2.31. The molecule has 0 aliphatic carbocycles. The van der Waals surface area contributed by atoms with Gasteiger partial charge in [-0.1, -0.05) is 0 Å². The number of carbonyl (C=O) groups is 2. The molecule has 1 aromatic carbocycles. The van der Waals surface area contributed by atoms with E-state index in [0.29, 0.717) is 17.7 Å². The Morgan fingerprint density at radius 2 is 2.16 bits per heavy atom. The topological polar surface area (TPSA) is 64.4 Å². The predicted molar refractivity (Wildman–Crippen MR) is 89.2 cm³/mol. The Morgan fingerprint density at radius 3 is 2.84 bits per heavy atom. The summed E-state index contributed by atoms with van der Waals surface area (Å²) < 4.78 is 20.1. The third-order valence-corrected chi connectivity index (χ3v) is 4.48. The lowest BCUT2D eigenvalue weighted by Gasteiger charge is -2.24. The maximum absolute atomic E-state index is 13.5. The fourth-order valence-electron chi connectivity index (χ4n) is 3.17. The molecule has 2 heterocycles. The van der Waals surface area contributed by atoms with E-state index in [1.165, 1.54) is 31.5 Å². The van der Waals surface area contributed by atoms with Gasteiger partial charge in [-0.2, -0.15) is 5.10 Å². The van der Waals surface area contributed by atoms with Crippen molar-refractivity contribution in [3.8, 4) is 5.75 Å². The third kappa shape index (κ3) is 3.55. The lowest BCUT2D eigenvalue weighted by molar-refractivity contribution is 0.0716. The average molecular weight is 345 g/mol. The van der Waals surface area contributed by atoms with Crippen LogP contribution >= 0.6 is 0 Å². The second-order valence-electron chi connectivity index (χ2n) is 6.17. The molecule has 0 saturated carbocycles. The zero-order valence-electron chi connectivity index (χ0n) is 14.2. The Labute approximate surface area is 145 Å². The van der Waals surface area contributed by atoms with Crippen LogP contribution < -0.4 is 4.74 Å². The second-order valence-corrected chi connectivity index (χ2v) is 6.17. The molecule has 132 valence electrons. The van der Waals surface area contributed by atoms with Crippen molar-refractivity contribution in [1.82, 2.24) is 14.7 Å². The summed E-state index contributed by atoms with van der Waals surface area (Å²) in [7, 11) is 3.11. The summed E-state index contributed by atoms with van der Waals surface area (Å²) in [5, 5.41) is 4.01. The zero-order chi connectivity index (χ0) is 18.0. The number of ketones is 1. The molecule has 0 bridgehead atoms. The number of likely N-dealkylation sites (tertiary alicyclic amines) is 1. The van der Waals surface area contributed by atoms with E-state index in [2.05, 4.69) is 5.10 Å². The van der Waals surface area contributed by atoms with Gasteiger partial charge in [-0.15, -0.1) is 0 Å². The van der Waals surface area contributed by atoms with Gasteiger partial charge in [0.1, 0.15) is 0 Å². The summed E-state index contributed by atoms with van der Waals surface area (Å²) in [4.78, 5) is 26.9. The van der Waals surface area contributed by atoms with Gasteiger partial charge in [0.05, 0.1) is 18.9 Å². The van der Waals surface area contributed by atoms with Crippen molar-refractivity contribution in [2.45, 2.75) is 25.3 Å². The summed E-state index contributed by atoms with van der Waals surface area (Å²) in [6.45, 7) is 0.587. The van der Waals surface area contributed by atoms with Crippen LogP contribution in [-0.4, -0.2) is 46.1 Å². The average Bonchev–Trinajstić information content (AvgIpc) is 3.23. The van der Waals surface area contributed by atoms with Crippen molar-refractivity contribution in [2.24, 2.45) is 7.05 Å². The first-order valence-corrected chi connectivity index (χ1v) is 8.16. The zero-order valence-corrected chi connectivity index (χ0v) is 14.2. The first-order chi connectivity index (χ1) is 12.0. The summed E-state index contributed by atoms with van der Waals surface area (Å²) in [6, 6.07) is 3.91. The molecule has 1 saturated heterocycles. The highest BCUT2D eigenvalue weighted by Crippen LogP contribution is 2.26. The van der Waals surface area contributed by atoms with Crippen molar-refractivity contribution in [3.05, 3.63) is 47.5 Å². The highest BCUT2D eigenvalue weighted by atomic mass is 19.1. The van der Waals surface area contributed by atoms with Gasteiger partial charge in [0, 0.05) is 37.8 Å². The van der Waals surface area contributed by atoms with Gasteiger partial charge >= 0.3 is 0 Å². The van der Waals surface area contributed by atoms with Gasteiger partial charge in [-0.3, -0.25) is 14.3 Å². The van der Waals surface area contributed by atoms with Crippen molar-refractivity contribution in [3.63, 3.8) is 0 Å². The molecule has 1 amide bonds. The Bertz CT molecular complexity index is 803. The molecular formula is C18H20FN3O3. The van der Waals surface area contributed by atoms with Crippen LogP contribution in [0.4, 0.5) is 4.39 Å². The SMILES string of the molecule is COc1cc(C(=O)N2CCC[C@H]2CC(=O)c2cnn(C)c2)ccc1F. The predicted octanol–water partition coefficient (Wildman–Crippen LogP) is 2.45. The lowest BCUT2D eigenvalue weighted by Crippen LogP contribution is -2.36. The molecule has 25 heavy (non-hydrogen) atoms. The minimum atomic E-state index is -0.510. The molecule has 2 aromatic rings. The van der Waals surface area contributed by atoms with Crippen LogP contribution in [-0.2, 0) is 7.05 Å². The van der Waals surface area contributed by atoms with Crippen molar-refractivity contribution >= 4 is 11.7 Å². The molecule has 6 nitrogen and oxygen atoms in total. The minimum Gasteiger partial charge on any atom is -0.494 e. The molecule has 0 radical (unpaired) electrons. The molecule has 1 aromatic heterocycles. The normalized spacial score (nSPS) is 16.9. The molecular weight excluding hydrogens is 325 g/mol. The van der Waals surface area contributed by atoms with Crippen LogP contribution in [0, 0.1) is 5.82 Å². The molecule has 3 rings (SSSR count). The van der Waals surface area contributed by atoms with Gasteiger partial charge in [0.25, 0.3) is 5.91 Å². The summed E-state index contributed by atoms with van der Waals surface area (Å²) >= 11 is 0. The number of methoxy groups -OCH3 is 1. The number of ether oxygens (including phenoxy) is 1. The number of aryl methyl sites for hydroxylation is 1. The van der Waals surface area contributed by atoms with E-state index in [1.54, 1.807) is 22.8 Å². The van der Waals surface area contributed by atoms with E-state index >= 15 is 0 Å². The van der Waals surface area contributed by atoms with Crippen LogP contribution in [0.3, 0.4) is 0 Å². The number of rotatable bonds is 5. The summed E-state index contributed by atoms with van der Waals surface area (Å²) in [5.74, 6) is -0.717. The molecule has 0 N–H and O–H groups in total. The Balaban J connectivity index is 1.74.